The highest BCUT2D eigenvalue weighted by Gasteiger charge is 2.48. The Bertz CT molecular complexity index is 1160. The number of aliphatic hydroxyl groups is 2. The first-order valence-corrected chi connectivity index (χ1v) is 9.75. The second kappa shape index (κ2) is 7.23. The summed E-state index contributed by atoms with van der Waals surface area (Å²) in [6.45, 7) is 1.69. The number of carbonyl (C=O) groups is 1. The number of likely N-dealkylation sites (N-methyl/N-ethyl adjacent to an activating group) is 1. The second-order valence-electron chi connectivity index (χ2n) is 8.36. The van der Waals surface area contributed by atoms with E-state index >= 15 is 0 Å². The topological polar surface area (TPSA) is 114 Å². The molecule has 1 aromatic heterocycles. The summed E-state index contributed by atoms with van der Waals surface area (Å²) < 4.78 is 48.0. The zero-order valence-corrected chi connectivity index (χ0v) is 17.3. The number of fused-ring (bicyclic) bond motifs is 3. The van der Waals surface area contributed by atoms with Gasteiger partial charge in [-0.1, -0.05) is 11.8 Å². The Hall–Kier alpha value is -3.07. The summed E-state index contributed by atoms with van der Waals surface area (Å²) in [6.07, 6.45) is -4.53. The SMILES string of the molecule is CN1CC[C@@](O)(C#Cc2ccc3c(c2)-n2nc(C(N)=O)c(C(F)(F)F)c2[C@@](C)(O)CO3)C1. The number of alkyl halides is 3. The molecule has 1 aromatic carbocycles. The van der Waals surface area contributed by atoms with Crippen molar-refractivity contribution in [2.45, 2.75) is 30.7 Å². The molecule has 1 fully saturated rings. The van der Waals surface area contributed by atoms with Crippen molar-refractivity contribution in [2.24, 2.45) is 5.73 Å². The summed E-state index contributed by atoms with van der Waals surface area (Å²) in [4.78, 5) is 13.7. The number of carbonyl (C=O) groups excluding carboxylic acids is 1. The van der Waals surface area contributed by atoms with Crippen LogP contribution in [0.3, 0.4) is 0 Å². The Kier molecular flexibility index (Phi) is 5.00. The Balaban J connectivity index is 1.89. The number of nitrogens with zero attached hydrogens (tertiary/aromatic N) is 3. The fraction of sp³-hybridized carbons (Fsp3) is 0.429. The molecule has 170 valence electrons. The zero-order valence-electron chi connectivity index (χ0n) is 17.3. The minimum absolute atomic E-state index is 0.0538. The van der Waals surface area contributed by atoms with Crippen LogP contribution in [-0.2, 0) is 11.8 Å². The van der Waals surface area contributed by atoms with Crippen molar-refractivity contribution in [3.63, 3.8) is 0 Å². The lowest BCUT2D eigenvalue weighted by Crippen LogP contribution is -2.33. The van der Waals surface area contributed by atoms with Crippen LogP contribution >= 0.6 is 0 Å². The fourth-order valence-electron chi connectivity index (χ4n) is 3.97. The molecular formula is C21H21F3N4O4. The number of benzene rings is 1. The van der Waals surface area contributed by atoms with Crippen molar-refractivity contribution < 1.29 is 32.9 Å². The summed E-state index contributed by atoms with van der Waals surface area (Å²) in [7, 11) is 1.86. The second-order valence-corrected chi connectivity index (χ2v) is 8.36. The number of amides is 1. The highest BCUT2D eigenvalue weighted by atomic mass is 19.4. The predicted molar refractivity (Wildman–Crippen MR) is 106 cm³/mol. The maximum atomic E-state index is 13.9. The molecule has 0 bridgehead atoms. The van der Waals surface area contributed by atoms with Crippen LogP contribution in [0, 0.1) is 11.8 Å². The minimum Gasteiger partial charge on any atom is -0.488 e. The van der Waals surface area contributed by atoms with Gasteiger partial charge in [0.2, 0.25) is 0 Å². The Morgan fingerprint density at radius 1 is 1.34 bits per heavy atom. The van der Waals surface area contributed by atoms with E-state index in [1.165, 1.54) is 12.1 Å². The van der Waals surface area contributed by atoms with Crippen molar-refractivity contribution >= 4 is 5.91 Å². The molecule has 32 heavy (non-hydrogen) atoms. The smallest absolute Gasteiger partial charge is 0.420 e. The number of hydrogen-bond donors (Lipinski definition) is 3. The summed E-state index contributed by atoms with van der Waals surface area (Å²) in [5, 5.41) is 25.1. The molecule has 0 radical (unpaired) electrons. The number of primary amides is 1. The van der Waals surface area contributed by atoms with Gasteiger partial charge >= 0.3 is 6.18 Å². The number of hydrogen-bond acceptors (Lipinski definition) is 6. The molecule has 4 N–H and O–H groups in total. The first-order valence-electron chi connectivity index (χ1n) is 9.75. The molecule has 0 aliphatic carbocycles. The average molecular weight is 450 g/mol. The summed E-state index contributed by atoms with van der Waals surface area (Å²) in [5.41, 5.74) is -0.785. The number of rotatable bonds is 1. The molecule has 1 amide bonds. The van der Waals surface area contributed by atoms with E-state index in [0.29, 0.717) is 25.1 Å². The van der Waals surface area contributed by atoms with E-state index in [0.717, 1.165) is 11.6 Å². The maximum absolute atomic E-state index is 13.9. The van der Waals surface area contributed by atoms with E-state index in [1.54, 1.807) is 6.07 Å². The molecule has 0 saturated carbocycles. The predicted octanol–water partition coefficient (Wildman–Crippen LogP) is 1.01. The van der Waals surface area contributed by atoms with E-state index < -0.39 is 46.8 Å². The third-order valence-electron chi connectivity index (χ3n) is 5.49. The minimum atomic E-state index is -5.00. The van der Waals surface area contributed by atoms with Crippen molar-refractivity contribution in [1.29, 1.82) is 0 Å². The van der Waals surface area contributed by atoms with E-state index in [4.69, 9.17) is 10.5 Å². The quantitative estimate of drug-likeness (QED) is 0.559. The normalized spacial score (nSPS) is 25.2. The summed E-state index contributed by atoms with van der Waals surface area (Å²) in [5.74, 6) is 4.43. The zero-order chi connectivity index (χ0) is 23.5. The molecule has 1 saturated heterocycles. The first-order chi connectivity index (χ1) is 14.8. The van der Waals surface area contributed by atoms with Crippen LogP contribution in [0.2, 0.25) is 0 Å². The number of likely N-dealkylation sites (tertiary alicyclic amines) is 1. The molecule has 2 aliphatic rings. The van der Waals surface area contributed by atoms with Gasteiger partial charge in [0, 0.05) is 25.1 Å². The van der Waals surface area contributed by atoms with Crippen molar-refractivity contribution in [2.75, 3.05) is 26.7 Å². The third-order valence-corrected chi connectivity index (χ3v) is 5.49. The molecule has 0 unspecified atom stereocenters. The lowest BCUT2D eigenvalue weighted by atomic mass is 9.97. The van der Waals surface area contributed by atoms with Gasteiger partial charge in [-0.15, -0.1) is 0 Å². The van der Waals surface area contributed by atoms with E-state index in [9.17, 15) is 28.2 Å². The molecule has 2 atom stereocenters. The Morgan fingerprint density at radius 3 is 2.66 bits per heavy atom. The third kappa shape index (κ3) is 3.81. The van der Waals surface area contributed by atoms with E-state index in [2.05, 4.69) is 16.9 Å². The van der Waals surface area contributed by atoms with Crippen LogP contribution in [0.1, 0.15) is 40.7 Å². The number of β-amino-alcohol motifs (C(OH)–C–C–N with tert-alkyl or cyclic N) is 1. The van der Waals surface area contributed by atoms with Crippen molar-refractivity contribution in [3.05, 3.63) is 40.7 Å². The van der Waals surface area contributed by atoms with Crippen LogP contribution in [-0.4, -0.2) is 63.1 Å². The summed E-state index contributed by atoms with van der Waals surface area (Å²) in [6, 6.07) is 4.48. The Morgan fingerprint density at radius 2 is 2.06 bits per heavy atom. The van der Waals surface area contributed by atoms with Gasteiger partial charge in [0.25, 0.3) is 5.91 Å². The van der Waals surface area contributed by atoms with Gasteiger partial charge < -0.3 is 25.6 Å². The number of aromatic nitrogens is 2. The van der Waals surface area contributed by atoms with E-state index in [1.807, 2.05) is 11.9 Å². The maximum Gasteiger partial charge on any atom is 0.420 e. The van der Waals surface area contributed by atoms with Crippen molar-refractivity contribution in [3.8, 4) is 23.3 Å². The lowest BCUT2D eigenvalue weighted by Gasteiger charge is -2.23. The standard InChI is InChI=1S/C21H21F3N4O4/c1-19(30)11-32-14-4-3-12(5-6-20(31)7-8-27(2)10-20)9-13(14)28-17(19)15(21(22,23)24)16(26-28)18(25)29/h3-4,9,30-31H,7-8,10-11H2,1-2H3,(H2,25,29)/t19-,20-/m0/s1. The number of halogens is 3. The molecule has 11 heteroatoms. The van der Waals surface area contributed by atoms with E-state index in [-0.39, 0.29) is 11.4 Å². The highest BCUT2D eigenvalue weighted by Crippen LogP contribution is 2.43. The van der Waals surface area contributed by atoms with Crippen LogP contribution in [0.25, 0.3) is 5.69 Å². The monoisotopic (exact) mass is 450 g/mol. The van der Waals surface area contributed by atoms with Crippen LogP contribution in [0.15, 0.2) is 18.2 Å². The summed E-state index contributed by atoms with van der Waals surface area (Å²) >= 11 is 0. The van der Waals surface area contributed by atoms with Gasteiger partial charge in [-0.2, -0.15) is 18.3 Å². The van der Waals surface area contributed by atoms with Crippen LogP contribution in [0.4, 0.5) is 13.2 Å². The average Bonchev–Trinajstić information content (AvgIpc) is 3.24. The fourth-order valence-corrected chi connectivity index (χ4v) is 3.97. The van der Waals surface area contributed by atoms with Crippen LogP contribution < -0.4 is 10.5 Å². The Labute approximate surface area is 181 Å². The van der Waals surface area contributed by atoms with Crippen LogP contribution in [0.5, 0.6) is 5.75 Å². The molecule has 8 nitrogen and oxygen atoms in total. The molecule has 0 spiro atoms. The first kappa shape index (κ1) is 22.1. The molecule has 4 rings (SSSR count). The lowest BCUT2D eigenvalue weighted by molar-refractivity contribution is -0.141. The molecule has 3 heterocycles. The van der Waals surface area contributed by atoms with Crippen molar-refractivity contribution in [1.82, 2.24) is 14.7 Å². The van der Waals surface area contributed by atoms with Gasteiger partial charge in [0.15, 0.2) is 5.69 Å². The largest absolute Gasteiger partial charge is 0.488 e. The van der Waals surface area contributed by atoms with Gasteiger partial charge in [-0.05, 0) is 32.2 Å². The molecule has 2 aromatic rings. The highest BCUT2D eigenvalue weighted by molar-refractivity contribution is 5.93. The van der Waals surface area contributed by atoms with Gasteiger partial charge in [-0.25, -0.2) is 4.68 Å². The number of nitrogens with two attached hydrogens (primary N) is 1. The van der Waals surface area contributed by atoms with Gasteiger partial charge in [0.1, 0.15) is 34.8 Å². The van der Waals surface area contributed by atoms with Gasteiger partial charge in [-0.3, -0.25) is 4.79 Å². The number of ether oxygens (including phenoxy) is 1. The molecular weight excluding hydrogens is 429 g/mol. The van der Waals surface area contributed by atoms with Gasteiger partial charge in [0.05, 0.1) is 5.69 Å². The molecule has 2 aliphatic heterocycles.